The molecule has 0 heterocycles. The Kier molecular flexibility index (Phi) is 4.73. The molecule has 21 heavy (non-hydrogen) atoms. The third-order valence-electron chi connectivity index (χ3n) is 3.12. The number of halogens is 3. The minimum absolute atomic E-state index is 0.254. The van der Waals surface area contributed by atoms with E-state index >= 15 is 0 Å². The molecule has 0 radical (unpaired) electrons. The average molecular weight is 295 g/mol. The Morgan fingerprint density at radius 2 is 1.71 bits per heavy atom. The van der Waals surface area contributed by atoms with Crippen LogP contribution in [-0.2, 0) is 6.42 Å². The Labute approximate surface area is 121 Å². The second-order valence-corrected chi connectivity index (χ2v) is 4.81. The molecule has 0 aliphatic carbocycles. The Morgan fingerprint density at radius 3 is 2.33 bits per heavy atom. The fourth-order valence-electron chi connectivity index (χ4n) is 2.18. The summed E-state index contributed by atoms with van der Waals surface area (Å²) in [7, 11) is 1.57. The molecule has 0 aliphatic heterocycles. The summed E-state index contributed by atoms with van der Waals surface area (Å²) >= 11 is 0. The molecule has 2 aromatic rings. The molecule has 0 saturated heterocycles. The second kappa shape index (κ2) is 6.52. The lowest BCUT2D eigenvalue weighted by Crippen LogP contribution is -2.20. The highest BCUT2D eigenvalue weighted by molar-refractivity contribution is 5.47. The normalized spacial score (nSPS) is 12.0. The Morgan fingerprint density at radius 1 is 1.10 bits per heavy atom. The van der Waals surface area contributed by atoms with Crippen LogP contribution in [0.5, 0.6) is 5.75 Å². The number of benzene rings is 2. The van der Waals surface area contributed by atoms with E-state index in [0.717, 1.165) is 5.56 Å². The zero-order chi connectivity index (χ0) is 15.4. The predicted octanol–water partition coefficient (Wildman–Crippen LogP) is 4.16. The van der Waals surface area contributed by atoms with Gasteiger partial charge in [0.25, 0.3) is 0 Å². The van der Waals surface area contributed by atoms with E-state index in [-0.39, 0.29) is 11.7 Å². The van der Waals surface area contributed by atoms with Crippen LogP contribution in [0.4, 0.5) is 18.9 Å². The van der Waals surface area contributed by atoms with Crippen LogP contribution in [0.1, 0.15) is 12.5 Å². The van der Waals surface area contributed by atoms with E-state index in [2.05, 4.69) is 5.32 Å². The van der Waals surface area contributed by atoms with Gasteiger partial charge in [-0.2, -0.15) is 0 Å². The first-order valence-corrected chi connectivity index (χ1v) is 6.54. The van der Waals surface area contributed by atoms with Crippen molar-refractivity contribution in [3.05, 3.63) is 59.4 Å². The summed E-state index contributed by atoms with van der Waals surface area (Å²) in [5, 5.41) is 2.73. The minimum atomic E-state index is -0.945. The summed E-state index contributed by atoms with van der Waals surface area (Å²) < 4.78 is 45.3. The highest BCUT2D eigenvalue weighted by atomic mass is 19.1. The average Bonchev–Trinajstić information content (AvgIpc) is 2.43. The molecule has 0 aromatic heterocycles. The molecule has 2 rings (SSSR count). The third-order valence-corrected chi connectivity index (χ3v) is 3.12. The van der Waals surface area contributed by atoms with Crippen LogP contribution in [0.3, 0.4) is 0 Å². The van der Waals surface area contributed by atoms with E-state index in [1.807, 2.05) is 24.3 Å². The maximum atomic E-state index is 13.6. The highest BCUT2D eigenvalue weighted by Gasteiger charge is 2.15. The van der Waals surface area contributed by atoms with Crippen molar-refractivity contribution in [3.63, 3.8) is 0 Å². The van der Waals surface area contributed by atoms with Crippen LogP contribution in [-0.4, -0.2) is 13.2 Å². The van der Waals surface area contributed by atoms with Gasteiger partial charge in [0.05, 0.1) is 7.11 Å². The summed E-state index contributed by atoms with van der Waals surface area (Å²) in [6, 6.07) is 8.47. The summed E-state index contributed by atoms with van der Waals surface area (Å²) in [4.78, 5) is 0. The molecule has 1 N–H and O–H groups in total. The zero-order valence-electron chi connectivity index (χ0n) is 11.8. The van der Waals surface area contributed by atoms with Crippen LogP contribution < -0.4 is 10.1 Å². The molecule has 1 atom stereocenters. The van der Waals surface area contributed by atoms with Gasteiger partial charge in [0.2, 0.25) is 0 Å². The molecule has 0 bridgehead atoms. The molecule has 2 nitrogen and oxygen atoms in total. The van der Waals surface area contributed by atoms with Crippen LogP contribution in [0, 0.1) is 17.5 Å². The predicted molar refractivity (Wildman–Crippen MR) is 76.1 cm³/mol. The lowest BCUT2D eigenvalue weighted by atomic mass is 10.1. The van der Waals surface area contributed by atoms with Crippen molar-refractivity contribution in [1.29, 1.82) is 0 Å². The van der Waals surface area contributed by atoms with Crippen molar-refractivity contribution in [2.45, 2.75) is 19.4 Å². The van der Waals surface area contributed by atoms with Gasteiger partial charge in [0.1, 0.15) is 17.3 Å². The van der Waals surface area contributed by atoms with E-state index in [0.29, 0.717) is 24.3 Å². The van der Waals surface area contributed by atoms with Crippen molar-refractivity contribution >= 4 is 5.69 Å². The molecule has 2 aromatic carbocycles. The van der Waals surface area contributed by atoms with E-state index in [1.54, 1.807) is 14.0 Å². The van der Waals surface area contributed by atoms with Crippen molar-refractivity contribution in [2.75, 3.05) is 12.4 Å². The van der Waals surface area contributed by atoms with E-state index in [4.69, 9.17) is 4.74 Å². The highest BCUT2D eigenvalue weighted by Crippen LogP contribution is 2.23. The number of anilines is 1. The van der Waals surface area contributed by atoms with E-state index < -0.39 is 17.5 Å². The first-order chi connectivity index (χ1) is 10.0. The molecule has 5 heteroatoms. The van der Waals surface area contributed by atoms with Gasteiger partial charge in [-0.05, 0) is 25.0 Å². The second-order valence-electron chi connectivity index (χ2n) is 4.81. The summed E-state index contributed by atoms with van der Waals surface area (Å²) in [5.74, 6) is -2.11. The largest absolute Gasteiger partial charge is 0.496 e. The number of hydrogen-bond donors (Lipinski definition) is 1. The molecule has 1 unspecified atom stereocenters. The lowest BCUT2D eigenvalue weighted by molar-refractivity contribution is 0.408. The quantitative estimate of drug-likeness (QED) is 0.894. The molecule has 112 valence electrons. The molecule has 0 fully saturated rings. The van der Waals surface area contributed by atoms with Gasteiger partial charge in [0, 0.05) is 18.2 Å². The third kappa shape index (κ3) is 3.68. The molecule has 0 saturated carbocycles. The van der Waals surface area contributed by atoms with Crippen molar-refractivity contribution in [1.82, 2.24) is 0 Å². The monoisotopic (exact) mass is 295 g/mol. The topological polar surface area (TPSA) is 21.3 Å². The van der Waals surface area contributed by atoms with Crippen molar-refractivity contribution in [3.8, 4) is 5.75 Å². The Balaban J connectivity index is 2.14. The fraction of sp³-hybridized carbons (Fsp3) is 0.250. The van der Waals surface area contributed by atoms with Crippen LogP contribution in [0.15, 0.2) is 36.4 Å². The van der Waals surface area contributed by atoms with Crippen molar-refractivity contribution < 1.29 is 17.9 Å². The Hall–Kier alpha value is -2.17. The number of methoxy groups -OCH3 is 1. The van der Waals surface area contributed by atoms with Gasteiger partial charge in [-0.25, -0.2) is 13.2 Å². The molecular weight excluding hydrogens is 279 g/mol. The number of rotatable bonds is 5. The number of para-hydroxylation sites is 1. The first kappa shape index (κ1) is 15.2. The zero-order valence-corrected chi connectivity index (χ0v) is 11.8. The number of nitrogens with one attached hydrogen (secondary N) is 1. The van der Waals surface area contributed by atoms with Gasteiger partial charge in [-0.1, -0.05) is 18.2 Å². The summed E-state index contributed by atoms with van der Waals surface area (Å²) in [6.45, 7) is 1.79. The van der Waals surface area contributed by atoms with Gasteiger partial charge < -0.3 is 10.1 Å². The summed E-state index contributed by atoms with van der Waals surface area (Å²) in [6.07, 6.45) is 0.514. The smallest absolute Gasteiger partial charge is 0.152 e. The molecule has 0 aliphatic rings. The SMILES string of the molecule is COc1ccccc1CC(C)Nc1c(F)cc(F)cc1F. The fourth-order valence-corrected chi connectivity index (χ4v) is 2.18. The van der Waals surface area contributed by atoms with Crippen LogP contribution >= 0.6 is 0 Å². The molecular formula is C16H16F3NO. The Bertz CT molecular complexity index is 608. The molecule has 0 spiro atoms. The van der Waals surface area contributed by atoms with Crippen molar-refractivity contribution in [2.24, 2.45) is 0 Å². The maximum Gasteiger partial charge on any atom is 0.152 e. The maximum absolute atomic E-state index is 13.6. The summed E-state index contributed by atoms with van der Waals surface area (Å²) in [5.41, 5.74) is 0.599. The van der Waals surface area contributed by atoms with Crippen LogP contribution in [0.25, 0.3) is 0 Å². The van der Waals surface area contributed by atoms with Gasteiger partial charge >= 0.3 is 0 Å². The van der Waals surface area contributed by atoms with E-state index in [1.165, 1.54) is 0 Å². The van der Waals surface area contributed by atoms with E-state index in [9.17, 15) is 13.2 Å². The lowest BCUT2D eigenvalue weighted by Gasteiger charge is -2.18. The van der Waals surface area contributed by atoms with Gasteiger partial charge in [0.15, 0.2) is 11.6 Å². The standard InChI is InChI=1S/C16H16F3NO/c1-10(7-11-5-3-4-6-15(11)21-2)20-16-13(18)8-12(17)9-14(16)19/h3-6,8-10,20H,7H2,1-2H3. The van der Waals surface area contributed by atoms with Gasteiger partial charge in [-0.3, -0.25) is 0 Å². The number of hydrogen-bond acceptors (Lipinski definition) is 2. The first-order valence-electron chi connectivity index (χ1n) is 6.54. The van der Waals surface area contributed by atoms with Gasteiger partial charge in [-0.15, -0.1) is 0 Å². The minimum Gasteiger partial charge on any atom is -0.496 e. The molecule has 0 amide bonds. The van der Waals surface area contributed by atoms with Crippen LogP contribution in [0.2, 0.25) is 0 Å². The number of ether oxygens (including phenoxy) is 1.